The summed E-state index contributed by atoms with van der Waals surface area (Å²) in [6, 6.07) is 8.62. The maximum Gasteiger partial charge on any atom is 0.269 e. The van der Waals surface area contributed by atoms with Gasteiger partial charge in [0, 0.05) is 36.3 Å². The van der Waals surface area contributed by atoms with Gasteiger partial charge in [0.05, 0.1) is 4.92 Å². The van der Waals surface area contributed by atoms with Crippen molar-refractivity contribution in [2.24, 2.45) is 0 Å². The first-order valence-electron chi connectivity index (χ1n) is 7.57. The van der Waals surface area contributed by atoms with Gasteiger partial charge in [-0.3, -0.25) is 19.7 Å². The lowest BCUT2D eigenvalue weighted by Gasteiger charge is -2.10. The third kappa shape index (κ3) is 3.64. The van der Waals surface area contributed by atoms with E-state index in [9.17, 15) is 19.7 Å². The second-order valence-electron chi connectivity index (χ2n) is 5.44. The van der Waals surface area contributed by atoms with Crippen LogP contribution in [0.1, 0.15) is 5.56 Å². The molecule has 0 atom stereocenters. The van der Waals surface area contributed by atoms with Crippen LogP contribution in [-0.4, -0.2) is 30.4 Å². The zero-order chi connectivity index (χ0) is 18.7. The summed E-state index contributed by atoms with van der Waals surface area (Å²) in [6.45, 7) is 1.34. The largest absolute Gasteiger partial charge is 0.324 e. The van der Waals surface area contributed by atoms with Crippen molar-refractivity contribution >= 4 is 17.3 Å². The molecular formula is C16H14N6O4. The topological polar surface area (TPSA) is 125 Å². The molecule has 0 bridgehead atoms. The Morgan fingerprint density at radius 3 is 2.77 bits per heavy atom. The summed E-state index contributed by atoms with van der Waals surface area (Å²) < 4.78 is 2.49. The summed E-state index contributed by atoms with van der Waals surface area (Å²) in [5.41, 5.74) is 0.469. The van der Waals surface area contributed by atoms with Crippen molar-refractivity contribution in [2.45, 2.75) is 13.5 Å². The van der Waals surface area contributed by atoms with Gasteiger partial charge < -0.3 is 5.32 Å². The number of nitrogens with one attached hydrogen (secondary N) is 1. The van der Waals surface area contributed by atoms with Crippen LogP contribution < -0.4 is 10.9 Å². The van der Waals surface area contributed by atoms with E-state index in [-0.39, 0.29) is 12.2 Å². The fourth-order valence-corrected chi connectivity index (χ4v) is 2.31. The first kappa shape index (κ1) is 17.0. The van der Waals surface area contributed by atoms with Crippen LogP contribution >= 0.6 is 0 Å². The summed E-state index contributed by atoms with van der Waals surface area (Å²) >= 11 is 0. The van der Waals surface area contributed by atoms with Crippen LogP contribution in [0.15, 0.2) is 53.6 Å². The number of carbonyl (C=O) groups is 1. The lowest BCUT2D eigenvalue weighted by Crippen LogP contribution is -2.30. The van der Waals surface area contributed by atoms with Crippen LogP contribution in [0.2, 0.25) is 0 Å². The number of aryl methyl sites for hydroxylation is 1. The van der Waals surface area contributed by atoms with Crippen molar-refractivity contribution in [3.05, 3.63) is 74.8 Å². The number of amides is 1. The van der Waals surface area contributed by atoms with Gasteiger partial charge in [0.1, 0.15) is 6.54 Å². The second kappa shape index (κ2) is 6.97. The van der Waals surface area contributed by atoms with E-state index in [1.54, 1.807) is 25.4 Å². The second-order valence-corrected chi connectivity index (χ2v) is 5.44. The number of nitro groups is 1. The SMILES string of the molecule is Cc1cc([N+](=O)[O-])ccc1NC(=O)Cn1nc(-n2cccn2)ccc1=O. The lowest BCUT2D eigenvalue weighted by atomic mass is 10.2. The van der Waals surface area contributed by atoms with E-state index >= 15 is 0 Å². The van der Waals surface area contributed by atoms with Gasteiger partial charge in [-0.1, -0.05) is 0 Å². The molecule has 10 heteroatoms. The molecule has 132 valence electrons. The predicted molar refractivity (Wildman–Crippen MR) is 92.1 cm³/mol. The molecule has 2 heterocycles. The van der Waals surface area contributed by atoms with Crippen molar-refractivity contribution in [1.82, 2.24) is 19.6 Å². The monoisotopic (exact) mass is 354 g/mol. The van der Waals surface area contributed by atoms with Gasteiger partial charge >= 0.3 is 0 Å². The van der Waals surface area contributed by atoms with Crippen LogP contribution in [0, 0.1) is 17.0 Å². The van der Waals surface area contributed by atoms with Crippen LogP contribution in [0.3, 0.4) is 0 Å². The molecule has 1 N–H and O–H groups in total. The minimum absolute atomic E-state index is 0.0645. The summed E-state index contributed by atoms with van der Waals surface area (Å²) in [4.78, 5) is 34.4. The molecule has 0 aliphatic rings. The Balaban J connectivity index is 1.77. The normalized spacial score (nSPS) is 10.5. The number of hydrogen-bond acceptors (Lipinski definition) is 6. The molecule has 1 aromatic carbocycles. The Morgan fingerprint density at radius 2 is 2.12 bits per heavy atom. The predicted octanol–water partition coefficient (Wildman–Crippen LogP) is 1.28. The third-order valence-electron chi connectivity index (χ3n) is 3.58. The molecule has 3 aromatic rings. The number of non-ortho nitro benzene ring substituents is 1. The molecule has 0 saturated heterocycles. The van der Waals surface area contributed by atoms with Crippen LogP contribution in [0.25, 0.3) is 5.82 Å². The molecule has 0 saturated carbocycles. The number of aromatic nitrogens is 4. The van der Waals surface area contributed by atoms with Crippen LogP contribution in [-0.2, 0) is 11.3 Å². The Hall–Kier alpha value is -3.82. The van der Waals surface area contributed by atoms with Gasteiger partial charge in [-0.15, -0.1) is 5.10 Å². The smallest absolute Gasteiger partial charge is 0.269 e. The molecule has 0 aliphatic heterocycles. The van der Waals surface area contributed by atoms with E-state index in [2.05, 4.69) is 15.5 Å². The summed E-state index contributed by atoms with van der Waals surface area (Å²) in [7, 11) is 0. The van der Waals surface area contributed by atoms with Crippen LogP contribution in [0.4, 0.5) is 11.4 Å². The molecule has 0 aliphatic carbocycles. The number of carbonyl (C=O) groups excluding carboxylic acids is 1. The molecule has 0 radical (unpaired) electrons. The fraction of sp³-hybridized carbons (Fsp3) is 0.125. The van der Waals surface area contributed by atoms with Gasteiger partial charge in [-0.2, -0.15) is 5.10 Å². The van der Waals surface area contributed by atoms with Crippen molar-refractivity contribution < 1.29 is 9.72 Å². The van der Waals surface area contributed by atoms with E-state index in [1.165, 1.54) is 35.0 Å². The van der Waals surface area contributed by atoms with Crippen LogP contribution in [0.5, 0.6) is 0 Å². The summed E-state index contributed by atoms with van der Waals surface area (Å²) in [5.74, 6) is -0.0805. The molecular weight excluding hydrogens is 340 g/mol. The van der Waals surface area contributed by atoms with E-state index < -0.39 is 16.4 Å². The zero-order valence-electron chi connectivity index (χ0n) is 13.7. The van der Waals surface area contributed by atoms with Gasteiger partial charge in [0.2, 0.25) is 5.91 Å². The maximum absolute atomic E-state index is 12.2. The molecule has 10 nitrogen and oxygen atoms in total. The first-order chi connectivity index (χ1) is 12.4. The number of benzene rings is 1. The third-order valence-corrected chi connectivity index (χ3v) is 3.58. The van der Waals surface area contributed by atoms with Gasteiger partial charge in [0.15, 0.2) is 5.82 Å². The molecule has 26 heavy (non-hydrogen) atoms. The first-order valence-corrected chi connectivity index (χ1v) is 7.57. The van der Waals surface area contributed by atoms with Crippen molar-refractivity contribution in [1.29, 1.82) is 0 Å². The molecule has 3 rings (SSSR count). The average molecular weight is 354 g/mol. The van der Waals surface area contributed by atoms with E-state index in [0.717, 1.165) is 4.68 Å². The number of nitrogens with zero attached hydrogens (tertiary/aromatic N) is 5. The Bertz CT molecular complexity index is 1030. The van der Waals surface area contributed by atoms with Gasteiger partial charge in [0.25, 0.3) is 11.2 Å². The summed E-state index contributed by atoms with van der Waals surface area (Å²) in [5, 5.41) is 21.5. The Kier molecular flexibility index (Phi) is 4.56. The number of hydrogen-bond donors (Lipinski definition) is 1. The molecule has 0 spiro atoms. The highest BCUT2D eigenvalue weighted by Crippen LogP contribution is 2.21. The fourth-order valence-electron chi connectivity index (χ4n) is 2.31. The molecule has 2 aromatic heterocycles. The van der Waals surface area contributed by atoms with Crippen molar-refractivity contribution in [3.8, 4) is 5.82 Å². The summed E-state index contributed by atoms with van der Waals surface area (Å²) in [6.07, 6.45) is 3.23. The van der Waals surface area contributed by atoms with Gasteiger partial charge in [-0.25, -0.2) is 9.36 Å². The standard InChI is InChI=1S/C16H14N6O4/c1-11-9-12(22(25)26)3-4-13(11)18-15(23)10-21-16(24)6-5-14(19-21)20-8-2-7-17-20/h2-9H,10H2,1H3,(H,18,23). The van der Waals surface area contributed by atoms with E-state index in [4.69, 9.17) is 0 Å². The highest BCUT2D eigenvalue weighted by atomic mass is 16.6. The highest BCUT2D eigenvalue weighted by molar-refractivity contribution is 5.91. The average Bonchev–Trinajstić information content (AvgIpc) is 3.13. The zero-order valence-corrected chi connectivity index (χ0v) is 13.7. The Morgan fingerprint density at radius 1 is 1.31 bits per heavy atom. The maximum atomic E-state index is 12.2. The highest BCUT2D eigenvalue weighted by Gasteiger charge is 2.12. The number of anilines is 1. The molecule has 1 amide bonds. The number of nitro benzene ring substituents is 1. The molecule has 0 fully saturated rings. The Labute approximate surface area is 146 Å². The van der Waals surface area contributed by atoms with Crippen molar-refractivity contribution in [2.75, 3.05) is 5.32 Å². The minimum atomic E-state index is -0.511. The van der Waals surface area contributed by atoms with Crippen molar-refractivity contribution in [3.63, 3.8) is 0 Å². The van der Waals surface area contributed by atoms with Gasteiger partial charge in [-0.05, 0) is 30.7 Å². The van der Waals surface area contributed by atoms with E-state index in [0.29, 0.717) is 17.1 Å². The number of rotatable bonds is 5. The minimum Gasteiger partial charge on any atom is -0.324 e. The quantitative estimate of drug-likeness (QED) is 0.543. The lowest BCUT2D eigenvalue weighted by molar-refractivity contribution is -0.384. The van der Waals surface area contributed by atoms with E-state index in [1.807, 2.05) is 0 Å². The molecule has 0 unspecified atom stereocenters.